The van der Waals surface area contributed by atoms with Crippen LogP contribution in [0.2, 0.25) is 0 Å². The summed E-state index contributed by atoms with van der Waals surface area (Å²) in [6, 6.07) is 11.5. The molecule has 7 heteroatoms. The normalized spacial score (nSPS) is 16.4. The van der Waals surface area contributed by atoms with Gasteiger partial charge in [0.05, 0.1) is 19.7 Å². The highest BCUT2D eigenvalue weighted by atomic mass is 16.5. The van der Waals surface area contributed by atoms with Gasteiger partial charge in [-0.25, -0.2) is 9.97 Å². The van der Waals surface area contributed by atoms with Crippen LogP contribution in [0.4, 0.5) is 5.82 Å². The van der Waals surface area contributed by atoms with Gasteiger partial charge in [0.2, 0.25) is 5.91 Å². The molecule has 1 saturated heterocycles. The van der Waals surface area contributed by atoms with Gasteiger partial charge in [-0.15, -0.1) is 0 Å². The highest BCUT2D eigenvalue weighted by molar-refractivity contribution is 5.92. The van der Waals surface area contributed by atoms with Gasteiger partial charge in [0.25, 0.3) is 0 Å². The molecule has 1 amide bonds. The van der Waals surface area contributed by atoms with Crippen LogP contribution in [0.1, 0.15) is 17.9 Å². The lowest BCUT2D eigenvalue weighted by Crippen LogP contribution is -2.13. The first-order valence-corrected chi connectivity index (χ1v) is 8.65. The lowest BCUT2D eigenvalue weighted by atomic mass is 9.97. The molecule has 1 atom stereocenters. The van der Waals surface area contributed by atoms with E-state index in [2.05, 4.69) is 15.3 Å². The van der Waals surface area contributed by atoms with E-state index in [0.717, 1.165) is 11.1 Å². The molecule has 3 N–H and O–H groups in total. The highest BCUT2D eigenvalue weighted by Gasteiger charge is 2.23. The minimum absolute atomic E-state index is 0.0964. The molecule has 0 aliphatic carbocycles. The van der Waals surface area contributed by atoms with Crippen LogP contribution in [0.15, 0.2) is 36.4 Å². The fourth-order valence-electron chi connectivity index (χ4n) is 3.35. The van der Waals surface area contributed by atoms with Crippen molar-refractivity contribution in [3.05, 3.63) is 42.0 Å². The van der Waals surface area contributed by atoms with Crippen LogP contribution in [0.5, 0.6) is 11.5 Å². The maximum Gasteiger partial charge on any atom is 0.220 e. The van der Waals surface area contributed by atoms with Crippen molar-refractivity contribution in [1.29, 1.82) is 0 Å². The van der Waals surface area contributed by atoms with Gasteiger partial charge in [0, 0.05) is 35.9 Å². The summed E-state index contributed by atoms with van der Waals surface area (Å²) in [6.07, 6.45) is 0.528. The summed E-state index contributed by atoms with van der Waals surface area (Å²) in [5.74, 6) is 2.40. The lowest BCUT2D eigenvalue weighted by Gasteiger charge is -2.12. The number of nitrogen functional groups attached to an aromatic ring is 1. The van der Waals surface area contributed by atoms with Crippen molar-refractivity contribution in [2.45, 2.75) is 12.3 Å². The number of nitrogens with two attached hydrogens (primary N) is 1. The fraction of sp³-hybridized carbons (Fsp3) is 0.250. The third-order valence-electron chi connectivity index (χ3n) is 4.85. The number of aromatic nitrogens is 2. The van der Waals surface area contributed by atoms with E-state index >= 15 is 0 Å². The largest absolute Gasteiger partial charge is 0.493 e. The molecule has 0 bridgehead atoms. The number of nitrogens with one attached hydrogen (secondary N) is 1. The summed E-state index contributed by atoms with van der Waals surface area (Å²) in [4.78, 5) is 20.5. The molecule has 0 saturated carbocycles. The van der Waals surface area contributed by atoms with Crippen molar-refractivity contribution in [3.63, 3.8) is 0 Å². The Balaban J connectivity index is 1.72. The first-order valence-electron chi connectivity index (χ1n) is 8.65. The highest BCUT2D eigenvalue weighted by Crippen LogP contribution is 2.34. The SMILES string of the molecule is COc1cc2nc(-c3ccc(C4CNC(=O)C4)cc3)nc(N)c2cc1OC. The fourth-order valence-corrected chi connectivity index (χ4v) is 3.35. The van der Waals surface area contributed by atoms with Crippen LogP contribution in [0.25, 0.3) is 22.3 Å². The summed E-state index contributed by atoms with van der Waals surface area (Å²) in [6.45, 7) is 0.680. The van der Waals surface area contributed by atoms with Crippen LogP contribution in [0.3, 0.4) is 0 Å². The molecule has 2 aromatic carbocycles. The standard InChI is InChI=1S/C20H20N4O3/c1-26-16-8-14-15(9-17(16)27-2)23-20(24-19(14)21)12-5-3-11(4-6-12)13-7-18(25)22-10-13/h3-6,8-9,13H,7,10H2,1-2H3,(H,22,25)(H2,21,23,24). The molecular formula is C20H20N4O3. The van der Waals surface area contributed by atoms with Crippen molar-refractivity contribution in [3.8, 4) is 22.9 Å². The molecule has 1 unspecified atom stereocenters. The monoisotopic (exact) mass is 364 g/mol. The van der Waals surface area contributed by atoms with E-state index in [1.807, 2.05) is 24.3 Å². The second-order valence-corrected chi connectivity index (χ2v) is 6.48. The number of rotatable bonds is 4. The zero-order valence-electron chi connectivity index (χ0n) is 15.2. The average Bonchev–Trinajstić information content (AvgIpc) is 3.13. The van der Waals surface area contributed by atoms with Crippen LogP contribution in [-0.2, 0) is 4.79 Å². The second-order valence-electron chi connectivity index (χ2n) is 6.48. The van der Waals surface area contributed by atoms with E-state index < -0.39 is 0 Å². The smallest absolute Gasteiger partial charge is 0.220 e. The molecule has 1 aliphatic heterocycles. The Labute approximate surface area is 156 Å². The Morgan fingerprint density at radius 3 is 2.41 bits per heavy atom. The van der Waals surface area contributed by atoms with Crippen LogP contribution >= 0.6 is 0 Å². The van der Waals surface area contributed by atoms with Crippen LogP contribution < -0.4 is 20.5 Å². The number of amides is 1. The molecule has 7 nitrogen and oxygen atoms in total. The van der Waals surface area contributed by atoms with E-state index in [-0.39, 0.29) is 11.8 Å². The van der Waals surface area contributed by atoms with E-state index in [0.29, 0.717) is 47.0 Å². The van der Waals surface area contributed by atoms with Crippen molar-refractivity contribution in [1.82, 2.24) is 15.3 Å². The molecule has 1 fully saturated rings. The topological polar surface area (TPSA) is 99.4 Å². The number of ether oxygens (including phenoxy) is 2. The molecule has 1 aliphatic rings. The molecule has 3 aromatic rings. The Morgan fingerprint density at radius 1 is 1.07 bits per heavy atom. The third-order valence-corrected chi connectivity index (χ3v) is 4.85. The summed E-state index contributed by atoms with van der Waals surface area (Å²) >= 11 is 0. The van der Waals surface area contributed by atoms with Gasteiger partial charge < -0.3 is 20.5 Å². The minimum Gasteiger partial charge on any atom is -0.493 e. The van der Waals surface area contributed by atoms with E-state index in [4.69, 9.17) is 15.2 Å². The zero-order chi connectivity index (χ0) is 19.0. The van der Waals surface area contributed by atoms with Crippen molar-refractivity contribution in [2.24, 2.45) is 0 Å². The van der Waals surface area contributed by atoms with Crippen molar-refractivity contribution in [2.75, 3.05) is 26.5 Å². The summed E-state index contributed by atoms with van der Waals surface area (Å²) in [5, 5.41) is 3.57. The quantitative estimate of drug-likeness (QED) is 0.738. The minimum atomic E-state index is 0.0964. The summed E-state index contributed by atoms with van der Waals surface area (Å²) in [5.41, 5.74) is 8.83. The zero-order valence-corrected chi connectivity index (χ0v) is 15.2. The molecule has 27 heavy (non-hydrogen) atoms. The van der Waals surface area contributed by atoms with Crippen molar-refractivity contribution >= 4 is 22.6 Å². The number of fused-ring (bicyclic) bond motifs is 1. The molecule has 2 heterocycles. The van der Waals surface area contributed by atoms with E-state index in [1.54, 1.807) is 26.4 Å². The number of carbonyl (C=O) groups excluding carboxylic acids is 1. The molecule has 4 rings (SSSR count). The predicted octanol–water partition coefficient (Wildman–Crippen LogP) is 2.50. The molecule has 138 valence electrons. The lowest BCUT2D eigenvalue weighted by molar-refractivity contribution is -0.119. The van der Waals surface area contributed by atoms with Gasteiger partial charge >= 0.3 is 0 Å². The number of carbonyl (C=O) groups is 1. The van der Waals surface area contributed by atoms with Crippen molar-refractivity contribution < 1.29 is 14.3 Å². The summed E-state index contributed by atoms with van der Waals surface area (Å²) < 4.78 is 10.7. The number of benzene rings is 2. The molecule has 1 aromatic heterocycles. The number of methoxy groups -OCH3 is 2. The second kappa shape index (κ2) is 6.75. The van der Waals surface area contributed by atoms with E-state index in [1.165, 1.54) is 0 Å². The van der Waals surface area contributed by atoms with Gasteiger partial charge in [-0.3, -0.25) is 4.79 Å². The Morgan fingerprint density at radius 2 is 1.78 bits per heavy atom. The predicted molar refractivity (Wildman–Crippen MR) is 103 cm³/mol. The molecule has 0 radical (unpaired) electrons. The van der Waals surface area contributed by atoms with Gasteiger partial charge in [-0.05, 0) is 11.6 Å². The number of hydrogen-bond donors (Lipinski definition) is 2. The molecule has 0 spiro atoms. The maximum atomic E-state index is 11.4. The molecular weight excluding hydrogens is 344 g/mol. The van der Waals surface area contributed by atoms with Gasteiger partial charge in [-0.2, -0.15) is 0 Å². The first kappa shape index (κ1) is 17.1. The Bertz CT molecular complexity index is 1020. The van der Waals surface area contributed by atoms with Crippen LogP contribution in [0, 0.1) is 0 Å². The third kappa shape index (κ3) is 3.12. The summed E-state index contributed by atoms with van der Waals surface area (Å²) in [7, 11) is 3.15. The van der Waals surface area contributed by atoms with Gasteiger partial charge in [-0.1, -0.05) is 24.3 Å². The van der Waals surface area contributed by atoms with Gasteiger partial charge in [0.15, 0.2) is 17.3 Å². The Kier molecular flexibility index (Phi) is 4.27. The van der Waals surface area contributed by atoms with E-state index in [9.17, 15) is 4.79 Å². The average molecular weight is 364 g/mol. The Hall–Kier alpha value is -3.35. The maximum absolute atomic E-state index is 11.4. The number of anilines is 1. The van der Waals surface area contributed by atoms with Crippen LogP contribution in [-0.4, -0.2) is 36.6 Å². The van der Waals surface area contributed by atoms with Gasteiger partial charge in [0.1, 0.15) is 5.82 Å². The first-order chi connectivity index (χ1) is 13.1. The number of nitrogens with zero attached hydrogens (tertiary/aromatic N) is 2. The number of hydrogen-bond acceptors (Lipinski definition) is 6.